The van der Waals surface area contributed by atoms with Crippen LogP contribution in [0.4, 0.5) is 9.59 Å². The first kappa shape index (κ1) is 42.0. The summed E-state index contributed by atoms with van der Waals surface area (Å²) in [6, 6.07) is 7.93. The summed E-state index contributed by atoms with van der Waals surface area (Å²) in [6.45, 7) is 4.58. The van der Waals surface area contributed by atoms with E-state index >= 15 is 0 Å². The smallest absolute Gasteiger partial charge is 0.407 e. The zero-order valence-electron chi connectivity index (χ0n) is 32.9. The van der Waals surface area contributed by atoms with Crippen LogP contribution in [-0.2, 0) is 23.9 Å². The fourth-order valence-electron chi connectivity index (χ4n) is 8.23. The number of nitrogens with one attached hydrogen (secondary N) is 4. The molecule has 8 atom stereocenters. The van der Waals surface area contributed by atoms with Crippen molar-refractivity contribution < 1.29 is 38.6 Å². The van der Waals surface area contributed by atoms with E-state index in [0.29, 0.717) is 50.9 Å². The van der Waals surface area contributed by atoms with Crippen LogP contribution in [0, 0.1) is 11.8 Å². The third-order valence-electron chi connectivity index (χ3n) is 11.4. The van der Waals surface area contributed by atoms with Crippen LogP contribution in [-0.4, -0.2) is 103 Å². The first-order chi connectivity index (χ1) is 27.1. The maximum Gasteiger partial charge on any atom is 0.407 e. The van der Waals surface area contributed by atoms with Crippen LogP contribution in [0.25, 0.3) is 0 Å². The van der Waals surface area contributed by atoms with Crippen LogP contribution in [0.15, 0.2) is 78.2 Å². The molecule has 1 aromatic carbocycles. The van der Waals surface area contributed by atoms with Gasteiger partial charge in [0.1, 0.15) is 24.4 Å². The van der Waals surface area contributed by atoms with Crippen molar-refractivity contribution in [2.45, 2.75) is 108 Å². The first-order valence-corrected chi connectivity index (χ1v) is 19.9. The predicted octanol–water partition coefficient (Wildman–Crippen LogP) is 4.36. The molecule has 2 heterocycles. The summed E-state index contributed by atoms with van der Waals surface area (Å²) in [4.78, 5) is 66.8. The lowest BCUT2D eigenvalue weighted by molar-refractivity contribution is -0.139. The highest BCUT2D eigenvalue weighted by Crippen LogP contribution is 2.38. The number of aliphatic hydroxyl groups is 1. The average molecular weight is 775 g/mol. The molecule has 56 heavy (non-hydrogen) atoms. The molecule has 2 aliphatic heterocycles. The second-order valence-corrected chi connectivity index (χ2v) is 14.9. The first-order valence-electron chi connectivity index (χ1n) is 19.9. The van der Waals surface area contributed by atoms with Crippen LogP contribution in [0.3, 0.4) is 0 Å². The third kappa shape index (κ3) is 10.6. The van der Waals surface area contributed by atoms with Crippen molar-refractivity contribution >= 4 is 29.9 Å². The molecule has 5 amide bonds. The summed E-state index contributed by atoms with van der Waals surface area (Å²) in [6.07, 6.45) is 16.0. The minimum Gasteiger partial charge on any atom is -0.453 e. The van der Waals surface area contributed by atoms with Gasteiger partial charge in [0.2, 0.25) is 17.7 Å². The summed E-state index contributed by atoms with van der Waals surface area (Å²) in [5.41, 5.74) is 2.75. The molecular weight excluding hydrogens is 716 g/mol. The molecule has 5 rings (SSSR count). The van der Waals surface area contributed by atoms with E-state index in [1.54, 1.807) is 16.7 Å². The van der Waals surface area contributed by atoms with Gasteiger partial charge in [0.05, 0.1) is 20.3 Å². The Bertz CT molecular complexity index is 1680. The topological polar surface area (TPSA) is 179 Å². The maximum atomic E-state index is 13.5. The number of rotatable bonds is 15. The minimum atomic E-state index is -0.968. The molecule has 5 N–H and O–H groups in total. The SMILES string of the molecule is CC[C@H](NC(=O)OC)C(=O)N1CCC[C@H]1C(=O)NC1=CCC(C(CC2C=CC(NC(O)[C@@H]3CCCN3C(=O)[C@H](CC)NC(=O)OC)=CC2)c2ccccc2)C=C1. The number of allylic oxidation sites excluding steroid dienone is 6. The van der Waals surface area contributed by atoms with Gasteiger partial charge in [0.25, 0.3) is 0 Å². The molecular formula is C42H58N6O8. The van der Waals surface area contributed by atoms with E-state index in [4.69, 9.17) is 0 Å². The Hall–Kier alpha value is -5.11. The number of amides is 5. The standard InChI is InChI=1S/C42H58N6O8/c1-5-33(45-41(53)55-3)39(51)47-24-10-14-35(47)37(49)43-30-20-16-27(17-21-30)26-32(28-12-8-7-9-13-28)29-18-22-31(23-19-29)44-38(50)36-15-11-25-48(36)40(52)34(6-2)46-42(54)56-4/h7-9,12-13,16,18,20-23,27,29,32-37,43,49H,5-6,10-11,14-15,17,19,24-26H2,1-4H3,(H,44,50)(H,45,53)(H,46,54)/t27?,29?,32?,33-,34-,35-,36-,37?/m0/s1. The number of carbonyl (C=O) groups excluding carboxylic acids is 5. The summed E-state index contributed by atoms with van der Waals surface area (Å²) in [5, 5.41) is 22.6. The molecule has 14 nitrogen and oxygen atoms in total. The number of carbonyl (C=O) groups is 5. The lowest BCUT2D eigenvalue weighted by atomic mass is 9.75. The van der Waals surface area contributed by atoms with Crippen LogP contribution in [0.5, 0.6) is 0 Å². The Balaban J connectivity index is 1.16. The zero-order valence-corrected chi connectivity index (χ0v) is 32.9. The summed E-state index contributed by atoms with van der Waals surface area (Å²) in [5.74, 6) is -0.0898. The van der Waals surface area contributed by atoms with Crippen LogP contribution in [0.1, 0.15) is 83.1 Å². The Labute approximate surface area is 329 Å². The Morgan fingerprint density at radius 2 is 1.41 bits per heavy atom. The van der Waals surface area contributed by atoms with Gasteiger partial charge < -0.3 is 45.6 Å². The van der Waals surface area contributed by atoms with Gasteiger partial charge in [0, 0.05) is 24.5 Å². The number of likely N-dealkylation sites (tertiary alicyclic amines) is 2. The van der Waals surface area contributed by atoms with Gasteiger partial charge in [0.15, 0.2) is 0 Å². The lowest BCUT2D eigenvalue weighted by Gasteiger charge is -2.33. The second-order valence-electron chi connectivity index (χ2n) is 14.9. The Morgan fingerprint density at radius 1 is 0.804 bits per heavy atom. The van der Waals surface area contributed by atoms with Crippen molar-refractivity contribution in [3.63, 3.8) is 0 Å². The molecule has 14 heteroatoms. The molecule has 1 aromatic rings. The molecule has 2 aliphatic carbocycles. The molecule has 0 bridgehead atoms. The predicted molar refractivity (Wildman–Crippen MR) is 210 cm³/mol. The molecule has 0 saturated carbocycles. The van der Waals surface area contributed by atoms with Crippen molar-refractivity contribution in [2.24, 2.45) is 11.8 Å². The van der Waals surface area contributed by atoms with Gasteiger partial charge in [-0.25, -0.2) is 9.59 Å². The summed E-state index contributed by atoms with van der Waals surface area (Å²) >= 11 is 0. The monoisotopic (exact) mass is 774 g/mol. The third-order valence-corrected chi connectivity index (χ3v) is 11.4. The van der Waals surface area contributed by atoms with Gasteiger partial charge in [-0.3, -0.25) is 14.4 Å². The van der Waals surface area contributed by atoms with Gasteiger partial charge >= 0.3 is 12.2 Å². The van der Waals surface area contributed by atoms with E-state index < -0.39 is 42.6 Å². The second kappa shape index (κ2) is 20.2. The van der Waals surface area contributed by atoms with Crippen molar-refractivity contribution in [3.8, 4) is 0 Å². The van der Waals surface area contributed by atoms with E-state index in [0.717, 1.165) is 31.4 Å². The summed E-state index contributed by atoms with van der Waals surface area (Å²) in [7, 11) is 2.51. The van der Waals surface area contributed by atoms with Crippen LogP contribution >= 0.6 is 0 Å². The van der Waals surface area contributed by atoms with Crippen molar-refractivity contribution in [1.82, 2.24) is 31.1 Å². The highest BCUT2D eigenvalue weighted by atomic mass is 16.5. The molecule has 0 aromatic heterocycles. The quantitative estimate of drug-likeness (QED) is 0.162. The van der Waals surface area contributed by atoms with Crippen molar-refractivity contribution in [3.05, 3.63) is 83.7 Å². The number of nitrogens with zero attached hydrogens (tertiary/aromatic N) is 2. The van der Waals surface area contributed by atoms with Crippen molar-refractivity contribution in [2.75, 3.05) is 27.3 Å². The summed E-state index contributed by atoms with van der Waals surface area (Å²) < 4.78 is 9.36. The Morgan fingerprint density at radius 3 is 2.00 bits per heavy atom. The fourth-order valence-corrected chi connectivity index (χ4v) is 8.23. The van der Waals surface area contributed by atoms with Crippen LogP contribution in [0.2, 0.25) is 0 Å². The fraction of sp³-hybridized carbons (Fsp3) is 0.548. The van der Waals surface area contributed by atoms with Gasteiger partial charge in [-0.05, 0) is 93.3 Å². The molecule has 4 unspecified atom stereocenters. The van der Waals surface area contributed by atoms with E-state index in [-0.39, 0.29) is 35.5 Å². The molecule has 4 aliphatic rings. The minimum absolute atomic E-state index is 0.197. The lowest BCUT2D eigenvalue weighted by Crippen LogP contribution is -2.54. The average Bonchev–Trinajstić information content (AvgIpc) is 3.93. The van der Waals surface area contributed by atoms with E-state index in [9.17, 15) is 29.1 Å². The van der Waals surface area contributed by atoms with E-state index in [1.807, 2.05) is 25.1 Å². The van der Waals surface area contributed by atoms with Gasteiger partial charge in [-0.2, -0.15) is 0 Å². The number of aliphatic hydroxyl groups excluding tert-OH is 1. The molecule has 2 fully saturated rings. The number of methoxy groups -OCH3 is 2. The number of alkyl carbamates (subject to hydrolysis) is 2. The highest BCUT2D eigenvalue weighted by molar-refractivity contribution is 5.92. The van der Waals surface area contributed by atoms with E-state index in [1.165, 1.54) is 19.8 Å². The van der Waals surface area contributed by atoms with Gasteiger partial charge in [-0.1, -0.05) is 68.5 Å². The number of ether oxygens (including phenoxy) is 2. The Kier molecular flexibility index (Phi) is 15.1. The van der Waals surface area contributed by atoms with Crippen LogP contribution < -0.4 is 21.3 Å². The number of hydrogen-bond acceptors (Lipinski definition) is 9. The molecule has 0 radical (unpaired) electrons. The normalized spacial score (nSPS) is 23.9. The largest absolute Gasteiger partial charge is 0.453 e. The van der Waals surface area contributed by atoms with Gasteiger partial charge in [-0.15, -0.1) is 0 Å². The number of benzene rings is 1. The molecule has 2 saturated heterocycles. The maximum absolute atomic E-state index is 13.5. The molecule has 0 spiro atoms. The molecule has 304 valence electrons. The highest BCUT2D eigenvalue weighted by Gasteiger charge is 2.39. The van der Waals surface area contributed by atoms with Crippen molar-refractivity contribution in [1.29, 1.82) is 0 Å². The van der Waals surface area contributed by atoms with E-state index in [2.05, 4.69) is 79.3 Å². The zero-order chi connectivity index (χ0) is 40.2. The number of hydrogen-bond donors (Lipinski definition) is 5.